The first-order valence-corrected chi connectivity index (χ1v) is 36.9. The largest absolute Gasteiger partial charge is 0.480 e. The number of aliphatic hydroxyl groups excluding tert-OH is 1. The van der Waals surface area contributed by atoms with Crippen molar-refractivity contribution in [2.24, 2.45) is 91.4 Å². The SMILES string of the molecule is CC(C)C[C@H](NC(=O)[C@H](CCCCN)NC(=O)[C@H](CCCN=C(N)N)NC(=O)[C@H](CCCCN)NC(=O)[C@H](CC(C)C)NC(=O)[C@H](CC(C)C)NC(=O)[C@@H](N)CCCCN)C(=O)N[C@@H](CC(C)C)C(=O)N[C@H](C(=O)N[C@H](C(=O)N[C@@H](CC(C)C)C(=O)N[C@@H](CCCN=C(N)N)C(=O)O)[C@@H](C)O)C(C)C. The van der Waals surface area contributed by atoms with Crippen molar-refractivity contribution in [1.82, 2.24) is 58.5 Å². The number of carboxylic acid groups (broad SMARTS) is 1. The molecule has 104 heavy (non-hydrogen) atoms. The third-order valence-corrected chi connectivity index (χ3v) is 16.6. The van der Waals surface area contributed by atoms with Crippen LogP contribution in [0.1, 0.15) is 206 Å². The first-order chi connectivity index (χ1) is 48.7. The van der Waals surface area contributed by atoms with E-state index in [1.54, 1.807) is 55.4 Å². The molecule has 13 atom stereocenters. The highest BCUT2D eigenvalue weighted by molar-refractivity contribution is 5.99. The molecular formula is C69H133N21O14. The molecule has 0 aromatic carbocycles. The lowest BCUT2D eigenvalue weighted by molar-refractivity contribution is -0.142. The van der Waals surface area contributed by atoms with Crippen LogP contribution in [0.2, 0.25) is 0 Å². The summed E-state index contributed by atoms with van der Waals surface area (Å²) in [6.07, 6.45) is 2.24. The molecule has 0 saturated heterocycles. The third kappa shape index (κ3) is 40.9. The Morgan fingerprint density at radius 3 is 0.837 bits per heavy atom. The highest BCUT2D eigenvalue weighted by atomic mass is 16.4. The zero-order valence-corrected chi connectivity index (χ0v) is 64.0. The van der Waals surface area contributed by atoms with Crippen LogP contribution >= 0.6 is 0 Å². The molecule has 0 fully saturated rings. The van der Waals surface area contributed by atoms with E-state index in [-0.39, 0.29) is 138 Å². The summed E-state index contributed by atoms with van der Waals surface area (Å²) >= 11 is 0. The highest BCUT2D eigenvalue weighted by Crippen LogP contribution is 2.17. The predicted octanol–water partition coefficient (Wildman–Crippen LogP) is -2.51. The van der Waals surface area contributed by atoms with Gasteiger partial charge in [0.1, 0.15) is 66.5 Å². The first kappa shape index (κ1) is 96.0. The summed E-state index contributed by atoms with van der Waals surface area (Å²) in [4.78, 5) is 177. The molecule has 598 valence electrons. The average Bonchev–Trinajstić information content (AvgIpc) is 0.852. The Kier molecular flexibility index (Phi) is 48.0. The Morgan fingerprint density at radius 1 is 0.308 bits per heavy atom. The fraction of sp³-hybridized carbons (Fsp3) is 0.797. The zero-order chi connectivity index (χ0) is 79.5. The van der Waals surface area contributed by atoms with Gasteiger partial charge in [0.05, 0.1) is 12.1 Å². The van der Waals surface area contributed by atoms with Gasteiger partial charge in [0, 0.05) is 13.1 Å². The highest BCUT2D eigenvalue weighted by Gasteiger charge is 2.39. The molecule has 0 heterocycles. The number of nitrogens with two attached hydrogens (primary N) is 8. The number of nitrogens with zero attached hydrogens (tertiary/aromatic N) is 2. The molecule has 35 nitrogen and oxygen atoms in total. The van der Waals surface area contributed by atoms with E-state index in [9.17, 15) is 67.7 Å². The maximum absolute atomic E-state index is 14.7. The van der Waals surface area contributed by atoms with Crippen LogP contribution in [0.5, 0.6) is 0 Å². The number of hydrogen-bond acceptors (Lipinski definition) is 19. The lowest BCUT2D eigenvalue weighted by atomic mass is 9.98. The number of carbonyl (C=O) groups is 12. The average molecular weight is 1480 g/mol. The number of aliphatic imine (C=N–C) groups is 2. The van der Waals surface area contributed by atoms with E-state index in [1.807, 2.05) is 27.7 Å². The van der Waals surface area contributed by atoms with Crippen molar-refractivity contribution in [3.8, 4) is 0 Å². The molecular weight excluding hydrogens is 1350 g/mol. The van der Waals surface area contributed by atoms with E-state index in [4.69, 9.17) is 45.9 Å². The van der Waals surface area contributed by atoms with Gasteiger partial charge >= 0.3 is 5.97 Å². The summed E-state index contributed by atoms with van der Waals surface area (Å²) < 4.78 is 0. The van der Waals surface area contributed by atoms with Gasteiger partial charge in [0.25, 0.3) is 0 Å². The Balaban J connectivity index is 7.17. The predicted molar refractivity (Wildman–Crippen MR) is 399 cm³/mol. The monoisotopic (exact) mass is 1480 g/mol. The summed E-state index contributed by atoms with van der Waals surface area (Å²) in [5.74, 6) is -12.0. The number of nitrogens with one attached hydrogen (secondary N) is 11. The number of amides is 11. The summed E-state index contributed by atoms with van der Waals surface area (Å²) in [5, 5.41) is 50.3. The van der Waals surface area contributed by atoms with Gasteiger partial charge in [-0.25, -0.2) is 4.79 Å². The summed E-state index contributed by atoms with van der Waals surface area (Å²) in [5.41, 5.74) is 45.5. The molecule has 0 aromatic rings. The minimum atomic E-state index is -1.70. The van der Waals surface area contributed by atoms with Crippen LogP contribution in [0.3, 0.4) is 0 Å². The van der Waals surface area contributed by atoms with Gasteiger partial charge in [-0.2, -0.15) is 0 Å². The van der Waals surface area contributed by atoms with Gasteiger partial charge in [-0.3, -0.25) is 62.7 Å². The van der Waals surface area contributed by atoms with Gasteiger partial charge in [-0.05, 0) is 171 Å². The van der Waals surface area contributed by atoms with Crippen molar-refractivity contribution in [3.05, 3.63) is 0 Å². The second-order valence-corrected chi connectivity index (χ2v) is 29.4. The molecule has 0 aromatic heterocycles. The number of aliphatic hydroxyl groups is 1. The normalized spacial score (nSPS) is 15.2. The molecule has 0 bridgehead atoms. The van der Waals surface area contributed by atoms with Crippen LogP contribution in [-0.4, -0.2) is 204 Å². The molecule has 29 N–H and O–H groups in total. The van der Waals surface area contributed by atoms with Crippen LogP contribution in [0.15, 0.2) is 9.98 Å². The van der Waals surface area contributed by atoms with Crippen molar-refractivity contribution in [1.29, 1.82) is 0 Å². The number of carboxylic acids is 1. The molecule has 0 radical (unpaired) electrons. The van der Waals surface area contributed by atoms with Crippen molar-refractivity contribution < 1.29 is 67.7 Å². The van der Waals surface area contributed by atoms with Crippen LogP contribution in [-0.2, 0) is 57.5 Å². The smallest absolute Gasteiger partial charge is 0.326 e. The van der Waals surface area contributed by atoms with E-state index in [0.29, 0.717) is 51.5 Å². The Morgan fingerprint density at radius 2 is 0.548 bits per heavy atom. The van der Waals surface area contributed by atoms with Crippen molar-refractivity contribution in [3.63, 3.8) is 0 Å². The van der Waals surface area contributed by atoms with Crippen LogP contribution in [0.25, 0.3) is 0 Å². The van der Waals surface area contributed by atoms with E-state index in [2.05, 4.69) is 68.5 Å². The van der Waals surface area contributed by atoms with Gasteiger partial charge in [0.2, 0.25) is 65.0 Å². The van der Waals surface area contributed by atoms with Crippen LogP contribution in [0, 0.1) is 35.5 Å². The molecule has 0 saturated carbocycles. The van der Waals surface area contributed by atoms with Crippen LogP contribution in [0.4, 0.5) is 0 Å². The molecule has 0 aliphatic rings. The zero-order valence-electron chi connectivity index (χ0n) is 64.0. The van der Waals surface area contributed by atoms with E-state index >= 15 is 0 Å². The fourth-order valence-corrected chi connectivity index (χ4v) is 11.1. The van der Waals surface area contributed by atoms with Gasteiger partial charge < -0.3 is 115 Å². The standard InChI is InChI=1S/C69H133N21O14/c1-37(2)32-49(84-56(92)44(73)22-14-17-27-70)62(98)86-50(33-38(3)4)60(96)82-45(23-15-18-28-71)57(93)81-47(25-20-30-78-68(74)75)58(94)80-46(24-16-19-29-72)59(95)85-51(34-39(5)6)63(99)87-53(36-41(9)10)64(100)89-54(42(11)12)65(101)90-55(43(13)91)66(102)88-52(35-40(7)8)61(97)83-48(67(103)104)26-21-31-79-69(76)77/h37-55,91H,14-36,70-73H2,1-13H3,(H,80,94)(H,81,93)(H,82,96)(H,83,97)(H,84,92)(H,85,95)(H,86,98)(H,87,99)(H,88,102)(H,89,100)(H,90,101)(H,103,104)(H4,74,75,78)(H4,76,77,79)/t43-,44+,45+,46+,47+,48+,49+,50+,51+,52+,53+,54+,55+/m1/s1. The summed E-state index contributed by atoms with van der Waals surface area (Å²) in [6.45, 7) is 23.6. The van der Waals surface area contributed by atoms with Gasteiger partial charge in [-0.1, -0.05) is 89.5 Å². The minimum absolute atomic E-state index is 0.00280. The first-order valence-electron chi connectivity index (χ1n) is 36.9. The number of unbranched alkanes of at least 4 members (excludes halogenated alkanes) is 3. The maximum atomic E-state index is 14.7. The molecule has 0 spiro atoms. The van der Waals surface area contributed by atoms with Gasteiger partial charge in [-0.15, -0.1) is 0 Å². The number of hydrogen-bond donors (Lipinski definition) is 21. The fourth-order valence-electron chi connectivity index (χ4n) is 11.1. The molecule has 0 unspecified atom stereocenters. The Labute approximate surface area is 615 Å². The number of rotatable bonds is 55. The maximum Gasteiger partial charge on any atom is 0.326 e. The van der Waals surface area contributed by atoms with Crippen LogP contribution < -0.4 is 104 Å². The second-order valence-electron chi connectivity index (χ2n) is 29.4. The molecule has 0 rings (SSSR count). The Hall–Kier alpha value is -8.02. The molecule has 0 aliphatic carbocycles. The number of guanidine groups is 2. The quantitative estimate of drug-likeness (QED) is 0.0170. The Bertz CT molecular complexity index is 2730. The summed E-state index contributed by atoms with van der Waals surface area (Å²) in [7, 11) is 0. The van der Waals surface area contributed by atoms with Crippen molar-refractivity contribution >= 4 is 82.9 Å². The molecule has 11 amide bonds. The number of aliphatic carboxylic acids is 1. The van der Waals surface area contributed by atoms with Crippen molar-refractivity contribution in [2.45, 2.75) is 284 Å². The molecule has 35 heteroatoms. The van der Waals surface area contributed by atoms with E-state index < -0.39 is 155 Å². The van der Waals surface area contributed by atoms with E-state index in [1.165, 1.54) is 6.92 Å². The number of carbonyl (C=O) groups excluding carboxylic acids is 11. The third-order valence-electron chi connectivity index (χ3n) is 16.6. The lowest BCUT2D eigenvalue weighted by Gasteiger charge is -2.30. The topological polar surface area (TPSA) is 611 Å². The van der Waals surface area contributed by atoms with Crippen molar-refractivity contribution in [2.75, 3.05) is 32.7 Å². The minimum Gasteiger partial charge on any atom is -0.480 e. The second kappa shape index (κ2) is 52.0. The molecule has 0 aliphatic heterocycles. The summed E-state index contributed by atoms with van der Waals surface area (Å²) in [6, 6.07) is -15.6. The van der Waals surface area contributed by atoms with E-state index in [0.717, 1.165) is 0 Å². The van der Waals surface area contributed by atoms with Gasteiger partial charge in [0.15, 0.2) is 11.9 Å². The lowest BCUT2D eigenvalue weighted by Crippen LogP contribution is -2.62.